The first kappa shape index (κ1) is 23.5. The van der Waals surface area contributed by atoms with Gasteiger partial charge in [0.15, 0.2) is 0 Å². The summed E-state index contributed by atoms with van der Waals surface area (Å²) in [6, 6.07) is 15.0. The molecule has 34 heavy (non-hydrogen) atoms. The molecule has 3 aromatic rings. The molecule has 1 atom stereocenters. The Morgan fingerprint density at radius 3 is 2.65 bits per heavy atom. The van der Waals surface area contributed by atoms with Gasteiger partial charge in [-0.05, 0) is 54.2 Å². The molecule has 8 heteroatoms. The van der Waals surface area contributed by atoms with E-state index in [-0.39, 0.29) is 6.42 Å². The summed E-state index contributed by atoms with van der Waals surface area (Å²) >= 11 is 0. The van der Waals surface area contributed by atoms with E-state index >= 15 is 0 Å². The number of methoxy groups -OCH3 is 1. The second kappa shape index (κ2) is 11.0. The molecule has 0 bridgehead atoms. The molecule has 0 amide bonds. The van der Waals surface area contributed by atoms with Crippen LogP contribution in [0.3, 0.4) is 0 Å². The number of pyridine rings is 2. The lowest BCUT2D eigenvalue weighted by Gasteiger charge is -2.30. The van der Waals surface area contributed by atoms with Gasteiger partial charge in [-0.2, -0.15) is 0 Å². The molecule has 0 spiro atoms. The molecule has 0 fully saturated rings. The van der Waals surface area contributed by atoms with Crippen molar-refractivity contribution in [1.82, 2.24) is 9.97 Å². The number of benzene rings is 1. The molecule has 4 rings (SSSR count). The third kappa shape index (κ3) is 6.02. The number of hydrogen-bond donors (Lipinski definition) is 2. The summed E-state index contributed by atoms with van der Waals surface area (Å²) in [5, 5.41) is 8.92. The van der Waals surface area contributed by atoms with Gasteiger partial charge in [0.05, 0.1) is 13.7 Å². The molecule has 3 heterocycles. The number of nitrogens with zero attached hydrogens (tertiary/aromatic N) is 3. The molecule has 0 radical (unpaired) electrons. The van der Waals surface area contributed by atoms with E-state index in [0.717, 1.165) is 48.8 Å². The molecular weight excluding hydrogens is 432 g/mol. The lowest BCUT2D eigenvalue weighted by atomic mass is 10.0. The number of fused-ring (bicyclic) bond motifs is 1. The monoisotopic (exact) mass is 462 g/mol. The number of aryl methyl sites for hydroxylation is 1. The van der Waals surface area contributed by atoms with Crippen molar-refractivity contribution in [3.63, 3.8) is 0 Å². The molecule has 1 aliphatic rings. The molecular formula is C26H30N4O4. The Labute approximate surface area is 199 Å². The first-order valence-corrected chi connectivity index (χ1v) is 11.4. The Hall–Kier alpha value is -3.65. The zero-order valence-electron chi connectivity index (χ0n) is 19.3. The van der Waals surface area contributed by atoms with Crippen molar-refractivity contribution in [2.75, 3.05) is 25.2 Å². The number of anilines is 1. The first-order valence-electron chi connectivity index (χ1n) is 11.4. The van der Waals surface area contributed by atoms with E-state index in [1.54, 1.807) is 25.4 Å². The Balaban J connectivity index is 1.34. The zero-order valence-corrected chi connectivity index (χ0v) is 19.3. The van der Waals surface area contributed by atoms with Gasteiger partial charge in [0, 0.05) is 37.5 Å². The topological polar surface area (TPSA) is 111 Å². The van der Waals surface area contributed by atoms with Crippen LogP contribution in [0.15, 0.2) is 54.7 Å². The number of hydrogen-bond acceptors (Lipinski definition) is 7. The standard InChI is InChI=1S/C26H30N4O4/c1-33-22-9-4-18(5-10-22)17-30-13-2-3-20-7-8-21(29-25(20)30)12-14-34-24-11-6-19(16-28-24)15-23(27)26(31)32/h4-11,16,23H,2-3,12-15,17,27H2,1H3,(H,31,32)/t23-/m0/s1. The number of aromatic nitrogens is 2. The van der Waals surface area contributed by atoms with Gasteiger partial charge in [-0.15, -0.1) is 0 Å². The van der Waals surface area contributed by atoms with Crippen molar-refractivity contribution < 1.29 is 19.4 Å². The second-order valence-corrected chi connectivity index (χ2v) is 8.41. The van der Waals surface area contributed by atoms with Gasteiger partial charge < -0.3 is 25.2 Å². The molecule has 0 saturated heterocycles. The minimum atomic E-state index is -1.03. The molecule has 1 aromatic carbocycles. The van der Waals surface area contributed by atoms with Crippen LogP contribution in [-0.2, 0) is 30.6 Å². The third-order valence-electron chi connectivity index (χ3n) is 5.90. The number of carbonyl (C=O) groups is 1. The van der Waals surface area contributed by atoms with Crippen LogP contribution < -0.4 is 20.1 Å². The summed E-state index contributed by atoms with van der Waals surface area (Å²) in [5.74, 6) is 1.38. The highest BCUT2D eigenvalue weighted by atomic mass is 16.5. The highest BCUT2D eigenvalue weighted by molar-refractivity contribution is 5.73. The summed E-state index contributed by atoms with van der Waals surface area (Å²) in [6.07, 6.45) is 4.66. The maximum Gasteiger partial charge on any atom is 0.320 e. The molecule has 0 unspecified atom stereocenters. The Kier molecular flexibility index (Phi) is 7.59. The third-order valence-corrected chi connectivity index (χ3v) is 5.90. The van der Waals surface area contributed by atoms with Crippen LogP contribution in [0.4, 0.5) is 5.82 Å². The van der Waals surface area contributed by atoms with Crippen molar-refractivity contribution in [3.8, 4) is 11.6 Å². The summed E-state index contributed by atoms with van der Waals surface area (Å²) < 4.78 is 11.0. The van der Waals surface area contributed by atoms with Gasteiger partial charge >= 0.3 is 5.97 Å². The predicted octanol–water partition coefficient (Wildman–Crippen LogP) is 3.01. The highest BCUT2D eigenvalue weighted by Crippen LogP contribution is 2.27. The largest absolute Gasteiger partial charge is 0.497 e. The van der Waals surface area contributed by atoms with Crippen LogP contribution in [0.2, 0.25) is 0 Å². The number of aliphatic carboxylic acids is 1. The van der Waals surface area contributed by atoms with Crippen molar-refractivity contribution in [3.05, 3.63) is 77.1 Å². The highest BCUT2D eigenvalue weighted by Gasteiger charge is 2.19. The van der Waals surface area contributed by atoms with E-state index in [9.17, 15) is 4.79 Å². The minimum absolute atomic E-state index is 0.231. The zero-order chi connectivity index (χ0) is 23.9. The van der Waals surface area contributed by atoms with Gasteiger partial charge in [-0.1, -0.05) is 24.3 Å². The number of carboxylic acid groups (broad SMARTS) is 1. The van der Waals surface area contributed by atoms with E-state index in [0.29, 0.717) is 18.9 Å². The van der Waals surface area contributed by atoms with Crippen LogP contribution in [0, 0.1) is 0 Å². The van der Waals surface area contributed by atoms with Crippen molar-refractivity contribution >= 4 is 11.8 Å². The Morgan fingerprint density at radius 2 is 1.94 bits per heavy atom. The fourth-order valence-corrected chi connectivity index (χ4v) is 4.01. The number of nitrogens with two attached hydrogens (primary N) is 1. The van der Waals surface area contributed by atoms with Crippen LogP contribution in [-0.4, -0.2) is 47.3 Å². The quantitative estimate of drug-likeness (QED) is 0.473. The minimum Gasteiger partial charge on any atom is -0.497 e. The summed E-state index contributed by atoms with van der Waals surface area (Å²) in [4.78, 5) is 22.4. The van der Waals surface area contributed by atoms with Gasteiger partial charge in [-0.25, -0.2) is 9.97 Å². The van der Waals surface area contributed by atoms with Crippen LogP contribution in [0.5, 0.6) is 11.6 Å². The van der Waals surface area contributed by atoms with Crippen molar-refractivity contribution in [2.24, 2.45) is 5.73 Å². The molecule has 8 nitrogen and oxygen atoms in total. The molecule has 2 aromatic heterocycles. The van der Waals surface area contributed by atoms with E-state index in [1.165, 1.54) is 11.1 Å². The Bertz CT molecular complexity index is 1100. The maximum absolute atomic E-state index is 10.9. The SMILES string of the molecule is COc1ccc(CN2CCCc3ccc(CCOc4ccc(C[C@H](N)C(=O)O)cn4)nc32)cc1. The smallest absolute Gasteiger partial charge is 0.320 e. The summed E-state index contributed by atoms with van der Waals surface area (Å²) in [7, 11) is 1.68. The number of ether oxygens (including phenoxy) is 2. The summed E-state index contributed by atoms with van der Waals surface area (Å²) in [5.41, 5.74) is 9.81. The van der Waals surface area contributed by atoms with Crippen molar-refractivity contribution in [2.45, 2.75) is 38.3 Å². The van der Waals surface area contributed by atoms with Crippen LogP contribution in [0.25, 0.3) is 0 Å². The number of carboxylic acids is 1. The van der Waals surface area contributed by atoms with E-state index in [1.807, 2.05) is 12.1 Å². The molecule has 3 N–H and O–H groups in total. The van der Waals surface area contributed by atoms with Crippen molar-refractivity contribution in [1.29, 1.82) is 0 Å². The first-order chi connectivity index (χ1) is 16.5. The molecule has 0 aliphatic carbocycles. The van der Waals surface area contributed by atoms with E-state index < -0.39 is 12.0 Å². The van der Waals surface area contributed by atoms with Gasteiger partial charge in [-0.3, -0.25) is 4.79 Å². The van der Waals surface area contributed by atoms with Crippen LogP contribution >= 0.6 is 0 Å². The lowest BCUT2D eigenvalue weighted by Crippen LogP contribution is -2.32. The van der Waals surface area contributed by atoms with Gasteiger partial charge in [0.2, 0.25) is 5.88 Å². The van der Waals surface area contributed by atoms with Gasteiger partial charge in [0.1, 0.15) is 17.6 Å². The predicted molar refractivity (Wildman–Crippen MR) is 129 cm³/mol. The fourth-order valence-electron chi connectivity index (χ4n) is 4.01. The van der Waals surface area contributed by atoms with E-state index in [4.69, 9.17) is 25.3 Å². The molecule has 1 aliphatic heterocycles. The Morgan fingerprint density at radius 1 is 1.15 bits per heavy atom. The van der Waals surface area contributed by atoms with E-state index in [2.05, 4.69) is 34.1 Å². The van der Waals surface area contributed by atoms with Crippen LogP contribution in [0.1, 0.15) is 28.8 Å². The molecule has 0 saturated carbocycles. The lowest BCUT2D eigenvalue weighted by molar-refractivity contribution is -0.138. The average Bonchev–Trinajstić information content (AvgIpc) is 2.86. The van der Waals surface area contributed by atoms with Gasteiger partial charge in [0.25, 0.3) is 0 Å². The number of rotatable bonds is 10. The fraction of sp³-hybridized carbons (Fsp3) is 0.346. The molecule has 178 valence electrons. The maximum atomic E-state index is 10.9. The average molecular weight is 463 g/mol. The second-order valence-electron chi connectivity index (χ2n) is 8.41. The normalized spacial score (nSPS) is 13.8. The summed E-state index contributed by atoms with van der Waals surface area (Å²) in [6.45, 7) is 2.24.